The van der Waals surface area contributed by atoms with Crippen LogP contribution >= 0.6 is 0 Å². The van der Waals surface area contributed by atoms with E-state index in [1.807, 2.05) is 18.7 Å². The van der Waals surface area contributed by atoms with E-state index in [4.69, 9.17) is 0 Å². The van der Waals surface area contributed by atoms with Crippen molar-refractivity contribution < 1.29 is 9.59 Å². The zero-order valence-electron chi connectivity index (χ0n) is 12.5. The van der Waals surface area contributed by atoms with Gasteiger partial charge in [-0.2, -0.15) is 0 Å². The molecular formula is C15H26N2O2. The third-order valence-corrected chi connectivity index (χ3v) is 5.08. The summed E-state index contributed by atoms with van der Waals surface area (Å²) in [6.45, 7) is 8.40. The second kappa shape index (κ2) is 5.51. The fourth-order valence-electron chi connectivity index (χ4n) is 3.57. The summed E-state index contributed by atoms with van der Waals surface area (Å²) in [6, 6.07) is -0.348. The molecule has 2 amide bonds. The van der Waals surface area contributed by atoms with Crippen LogP contribution in [0.2, 0.25) is 0 Å². The predicted octanol–water partition coefficient (Wildman–Crippen LogP) is 1.94. The average molecular weight is 266 g/mol. The van der Waals surface area contributed by atoms with Crippen molar-refractivity contribution >= 4 is 11.8 Å². The molecule has 1 N–H and O–H groups in total. The maximum atomic E-state index is 12.6. The average Bonchev–Trinajstić information content (AvgIpc) is 2.72. The van der Waals surface area contributed by atoms with Crippen molar-refractivity contribution in [2.24, 2.45) is 11.8 Å². The Morgan fingerprint density at radius 1 is 1.16 bits per heavy atom. The van der Waals surface area contributed by atoms with Crippen LogP contribution in [0.5, 0.6) is 0 Å². The number of carbonyl (C=O) groups excluding carboxylic acids is 2. The number of amides is 2. The van der Waals surface area contributed by atoms with E-state index in [1.54, 1.807) is 0 Å². The molecule has 2 fully saturated rings. The quantitative estimate of drug-likeness (QED) is 0.848. The van der Waals surface area contributed by atoms with Crippen LogP contribution in [0, 0.1) is 11.8 Å². The standard InChI is InChI=1S/C15H26N2O2/c1-5-11-15(19)17(12(6-2)14(18)16-11)13-8-7-9(3)10(13)4/h9-13H,5-8H2,1-4H3,(H,16,18). The highest BCUT2D eigenvalue weighted by Crippen LogP contribution is 2.37. The molecule has 2 rings (SSSR count). The topological polar surface area (TPSA) is 49.4 Å². The Bertz CT molecular complexity index is 369. The molecule has 0 bridgehead atoms. The molecule has 1 aliphatic heterocycles. The first-order chi connectivity index (χ1) is 9.01. The van der Waals surface area contributed by atoms with Gasteiger partial charge in [0.1, 0.15) is 12.1 Å². The van der Waals surface area contributed by atoms with Crippen LogP contribution in [0.1, 0.15) is 53.4 Å². The number of piperazine rings is 1. The molecule has 108 valence electrons. The molecule has 2 aliphatic rings. The molecule has 0 spiro atoms. The number of nitrogens with zero attached hydrogens (tertiary/aromatic N) is 1. The van der Waals surface area contributed by atoms with E-state index in [1.165, 1.54) is 0 Å². The first kappa shape index (κ1) is 14.4. The summed E-state index contributed by atoms with van der Waals surface area (Å²) in [5.41, 5.74) is 0. The molecule has 1 aliphatic carbocycles. The number of hydrogen-bond acceptors (Lipinski definition) is 2. The normalized spacial score (nSPS) is 39.6. The summed E-state index contributed by atoms with van der Waals surface area (Å²) >= 11 is 0. The summed E-state index contributed by atoms with van der Waals surface area (Å²) in [7, 11) is 0. The second-order valence-electron chi connectivity index (χ2n) is 6.12. The molecule has 0 aromatic rings. The Morgan fingerprint density at radius 3 is 2.32 bits per heavy atom. The van der Waals surface area contributed by atoms with Gasteiger partial charge in [0, 0.05) is 6.04 Å². The van der Waals surface area contributed by atoms with Crippen LogP contribution in [0.15, 0.2) is 0 Å². The van der Waals surface area contributed by atoms with E-state index in [2.05, 4.69) is 19.2 Å². The molecule has 19 heavy (non-hydrogen) atoms. The Kier molecular flexibility index (Phi) is 4.16. The molecule has 1 saturated carbocycles. The van der Waals surface area contributed by atoms with Crippen molar-refractivity contribution in [2.75, 3.05) is 0 Å². The highest BCUT2D eigenvalue weighted by molar-refractivity contribution is 5.97. The molecule has 4 nitrogen and oxygen atoms in total. The first-order valence-corrected chi connectivity index (χ1v) is 7.63. The van der Waals surface area contributed by atoms with Crippen molar-refractivity contribution in [3.05, 3.63) is 0 Å². The van der Waals surface area contributed by atoms with Gasteiger partial charge in [0.2, 0.25) is 11.8 Å². The Hall–Kier alpha value is -1.06. The zero-order valence-corrected chi connectivity index (χ0v) is 12.5. The number of hydrogen-bond donors (Lipinski definition) is 1. The van der Waals surface area contributed by atoms with Crippen LogP contribution < -0.4 is 5.32 Å². The van der Waals surface area contributed by atoms with Gasteiger partial charge >= 0.3 is 0 Å². The smallest absolute Gasteiger partial charge is 0.246 e. The first-order valence-electron chi connectivity index (χ1n) is 7.63. The minimum absolute atomic E-state index is 0.0284. The highest BCUT2D eigenvalue weighted by atomic mass is 16.2. The molecule has 1 saturated heterocycles. The largest absolute Gasteiger partial charge is 0.343 e. The van der Waals surface area contributed by atoms with Crippen LogP contribution in [-0.2, 0) is 9.59 Å². The summed E-state index contributed by atoms with van der Waals surface area (Å²) in [4.78, 5) is 26.7. The van der Waals surface area contributed by atoms with Gasteiger partial charge in [0.05, 0.1) is 0 Å². The van der Waals surface area contributed by atoms with Gasteiger partial charge in [-0.25, -0.2) is 0 Å². The summed E-state index contributed by atoms with van der Waals surface area (Å²) in [5, 5.41) is 2.87. The minimum atomic E-state index is -0.321. The molecule has 5 atom stereocenters. The van der Waals surface area contributed by atoms with Gasteiger partial charge in [-0.1, -0.05) is 27.7 Å². The number of rotatable bonds is 3. The molecule has 0 aromatic carbocycles. The van der Waals surface area contributed by atoms with Crippen LogP contribution in [0.4, 0.5) is 0 Å². The SMILES string of the molecule is CCC1NC(=O)C(CC)N(C2CCC(C)C2C)C1=O. The van der Waals surface area contributed by atoms with Gasteiger partial charge in [0.25, 0.3) is 0 Å². The lowest BCUT2D eigenvalue weighted by atomic mass is 9.93. The fraction of sp³-hybridized carbons (Fsp3) is 0.867. The van der Waals surface area contributed by atoms with E-state index < -0.39 is 0 Å². The lowest BCUT2D eigenvalue weighted by molar-refractivity contribution is -0.153. The minimum Gasteiger partial charge on any atom is -0.343 e. The van der Waals surface area contributed by atoms with Crippen molar-refractivity contribution in [3.8, 4) is 0 Å². The zero-order chi connectivity index (χ0) is 14.2. The van der Waals surface area contributed by atoms with Crippen molar-refractivity contribution in [2.45, 2.75) is 71.5 Å². The second-order valence-corrected chi connectivity index (χ2v) is 6.12. The molecule has 5 unspecified atom stereocenters. The van der Waals surface area contributed by atoms with Crippen LogP contribution in [0.25, 0.3) is 0 Å². The van der Waals surface area contributed by atoms with Gasteiger partial charge in [-0.05, 0) is 37.5 Å². The summed E-state index contributed by atoms with van der Waals surface area (Å²) < 4.78 is 0. The van der Waals surface area contributed by atoms with E-state index in [0.29, 0.717) is 24.7 Å². The van der Waals surface area contributed by atoms with Gasteiger partial charge in [-0.3, -0.25) is 9.59 Å². The summed E-state index contributed by atoms with van der Waals surface area (Å²) in [5.74, 6) is 1.28. The molecule has 0 radical (unpaired) electrons. The third-order valence-electron chi connectivity index (χ3n) is 5.08. The highest BCUT2D eigenvalue weighted by Gasteiger charge is 2.46. The van der Waals surface area contributed by atoms with Gasteiger partial charge < -0.3 is 10.2 Å². The van der Waals surface area contributed by atoms with Gasteiger partial charge in [0.15, 0.2) is 0 Å². The maximum Gasteiger partial charge on any atom is 0.246 e. The third kappa shape index (κ3) is 2.37. The lowest BCUT2D eigenvalue weighted by Gasteiger charge is -2.43. The summed E-state index contributed by atoms with van der Waals surface area (Å²) in [6.07, 6.45) is 3.57. The Morgan fingerprint density at radius 2 is 1.84 bits per heavy atom. The van der Waals surface area contributed by atoms with E-state index in [0.717, 1.165) is 12.8 Å². The van der Waals surface area contributed by atoms with Crippen LogP contribution in [-0.4, -0.2) is 34.8 Å². The predicted molar refractivity (Wildman–Crippen MR) is 74.5 cm³/mol. The maximum absolute atomic E-state index is 12.6. The molecular weight excluding hydrogens is 240 g/mol. The van der Waals surface area contributed by atoms with Gasteiger partial charge in [-0.15, -0.1) is 0 Å². The number of nitrogens with one attached hydrogen (secondary N) is 1. The van der Waals surface area contributed by atoms with Crippen molar-refractivity contribution in [1.82, 2.24) is 10.2 Å². The van der Waals surface area contributed by atoms with E-state index in [9.17, 15) is 9.59 Å². The molecule has 4 heteroatoms. The number of carbonyl (C=O) groups is 2. The fourth-order valence-corrected chi connectivity index (χ4v) is 3.57. The Balaban J connectivity index is 2.27. The molecule has 0 aromatic heterocycles. The van der Waals surface area contributed by atoms with E-state index in [-0.39, 0.29) is 29.9 Å². The monoisotopic (exact) mass is 266 g/mol. The van der Waals surface area contributed by atoms with E-state index >= 15 is 0 Å². The van der Waals surface area contributed by atoms with Crippen molar-refractivity contribution in [3.63, 3.8) is 0 Å². The molecule has 1 heterocycles. The Labute approximate surface area is 115 Å². The van der Waals surface area contributed by atoms with Crippen molar-refractivity contribution in [1.29, 1.82) is 0 Å². The lowest BCUT2D eigenvalue weighted by Crippen LogP contribution is -2.65. The van der Waals surface area contributed by atoms with Crippen LogP contribution in [0.3, 0.4) is 0 Å².